The van der Waals surface area contributed by atoms with Gasteiger partial charge in [-0.15, -0.1) is 0 Å². The molecule has 0 atom stereocenters. The van der Waals surface area contributed by atoms with Gasteiger partial charge in [0, 0.05) is 25.2 Å². The number of nitrogens with zero attached hydrogens (tertiary/aromatic N) is 2. The lowest BCUT2D eigenvalue weighted by molar-refractivity contribution is 0.0955. The summed E-state index contributed by atoms with van der Waals surface area (Å²) in [6.07, 6.45) is 0.558. The van der Waals surface area contributed by atoms with E-state index in [-0.39, 0.29) is 11.7 Å². The number of nitrogens with two attached hydrogens (primary N) is 1. The van der Waals surface area contributed by atoms with Gasteiger partial charge in [-0.05, 0) is 42.3 Å². The monoisotopic (exact) mass is 403 g/mol. The van der Waals surface area contributed by atoms with Crippen molar-refractivity contribution >= 4 is 11.7 Å². The van der Waals surface area contributed by atoms with Crippen LogP contribution >= 0.6 is 0 Å². The first-order valence-corrected chi connectivity index (χ1v) is 9.59. The summed E-state index contributed by atoms with van der Waals surface area (Å²) in [6.45, 7) is 1.13. The highest BCUT2D eigenvalue weighted by Gasteiger charge is 2.15. The van der Waals surface area contributed by atoms with Crippen LogP contribution in [0.25, 0.3) is 11.3 Å². The minimum atomic E-state index is -0.290. The van der Waals surface area contributed by atoms with Crippen LogP contribution in [-0.4, -0.2) is 30.5 Å². The summed E-state index contributed by atoms with van der Waals surface area (Å²) in [5.74, 6) is -0.185. The lowest BCUT2D eigenvalue weighted by Gasteiger charge is -2.14. The number of carbonyl (C=O) groups excluding carboxylic acids is 1. The molecule has 30 heavy (non-hydrogen) atoms. The van der Waals surface area contributed by atoms with Crippen LogP contribution in [0.15, 0.2) is 60.7 Å². The largest absolute Gasteiger partial charge is 0.369 e. The van der Waals surface area contributed by atoms with Crippen LogP contribution in [0.2, 0.25) is 0 Å². The Bertz CT molecular complexity index is 1080. The van der Waals surface area contributed by atoms with Crippen LogP contribution in [-0.2, 0) is 6.42 Å². The number of nitrogens with one attached hydrogen (secondary N) is 2. The van der Waals surface area contributed by atoms with Crippen molar-refractivity contribution in [1.29, 1.82) is 5.26 Å². The second-order valence-corrected chi connectivity index (χ2v) is 6.60. The number of halogens is 1. The van der Waals surface area contributed by atoms with E-state index in [0.29, 0.717) is 54.3 Å². The second kappa shape index (κ2) is 10.1. The standard InChI is InChI=1S/C23H22FN5O/c24-18-6-3-4-16(14-18)10-12-27-22-20(23(30)28-13-11-25)8-9-21(29-22)19-7-2-1-5-17(19)15-26/h1-9,14H,10-13,25H2,(H,27,29)(H,28,30). The number of amides is 1. The molecule has 0 bridgehead atoms. The SMILES string of the molecule is N#Cc1ccccc1-c1ccc(C(=O)NCCN)c(NCCc2cccc(F)c2)n1. The number of anilines is 1. The van der Waals surface area contributed by atoms with E-state index in [4.69, 9.17) is 5.73 Å². The molecule has 3 rings (SSSR count). The number of rotatable bonds is 8. The van der Waals surface area contributed by atoms with Crippen LogP contribution in [0, 0.1) is 17.1 Å². The van der Waals surface area contributed by atoms with E-state index >= 15 is 0 Å². The Balaban J connectivity index is 1.88. The molecule has 1 aromatic heterocycles. The predicted octanol–water partition coefficient (Wildman–Crippen LogP) is 3.10. The molecule has 152 valence electrons. The van der Waals surface area contributed by atoms with Gasteiger partial charge in [0.1, 0.15) is 11.6 Å². The Labute approximate surface area is 174 Å². The van der Waals surface area contributed by atoms with E-state index in [0.717, 1.165) is 5.56 Å². The lowest BCUT2D eigenvalue weighted by Crippen LogP contribution is -2.30. The average Bonchev–Trinajstić information content (AvgIpc) is 2.77. The Morgan fingerprint density at radius 2 is 1.93 bits per heavy atom. The quantitative estimate of drug-likeness (QED) is 0.536. The Kier molecular flexibility index (Phi) is 7.09. The molecule has 0 fully saturated rings. The van der Waals surface area contributed by atoms with Gasteiger partial charge in [0.2, 0.25) is 0 Å². The molecule has 1 heterocycles. The van der Waals surface area contributed by atoms with Crippen LogP contribution in [0.3, 0.4) is 0 Å². The fourth-order valence-corrected chi connectivity index (χ4v) is 3.03. The third kappa shape index (κ3) is 5.19. The number of benzene rings is 2. The van der Waals surface area contributed by atoms with Crippen LogP contribution in [0.5, 0.6) is 0 Å². The molecule has 3 aromatic rings. The van der Waals surface area contributed by atoms with Crippen molar-refractivity contribution in [3.63, 3.8) is 0 Å². The number of hydrogen-bond donors (Lipinski definition) is 3. The van der Waals surface area contributed by atoms with Gasteiger partial charge in [0.05, 0.1) is 22.9 Å². The zero-order valence-corrected chi connectivity index (χ0v) is 16.4. The summed E-state index contributed by atoms with van der Waals surface area (Å²) in [6, 6.07) is 19.1. The first-order chi connectivity index (χ1) is 14.6. The average molecular weight is 403 g/mol. The molecule has 2 aromatic carbocycles. The number of aromatic nitrogens is 1. The van der Waals surface area contributed by atoms with Crippen molar-refractivity contribution in [3.8, 4) is 17.3 Å². The maximum Gasteiger partial charge on any atom is 0.255 e. The Hall–Kier alpha value is -3.76. The zero-order chi connectivity index (χ0) is 21.3. The normalized spacial score (nSPS) is 10.3. The van der Waals surface area contributed by atoms with Gasteiger partial charge in [-0.3, -0.25) is 4.79 Å². The van der Waals surface area contributed by atoms with E-state index in [1.54, 1.807) is 30.3 Å². The van der Waals surface area contributed by atoms with Crippen LogP contribution < -0.4 is 16.4 Å². The van der Waals surface area contributed by atoms with Crippen molar-refractivity contribution in [2.45, 2.75) is 6.42 Å². The third-order valence-electron chi connectivity index (χ3n) is 4.49. The molecule has 0 aliphatic heterocycles. The minimum Gasteiger partial charge on any atom is -0.369 e. The van der Waals surface area contributed by atoms with Gasteiger partial charge >= 0.3 is 0 Å². The summed E-state index contributed by atoms with van der Waals surface area (Å²) in [7, 11) is 0. The van der Waals surface area contributed by atoms with E-state index in [1.807, 2.05) is 18.2 Å². The maximum atomic E-state index is 13.4. The molecule has 0 radical (unpaired) electrons. The molecular weight excluding hydrogens is 381 g/mol. The smallest absolute Gasteiger partial charge is 0.255 e. The van der Waals surface area contributed by atoms with Gasteiger partial charge in [-0.1, -0.05) is 30.3 Å². The predicted molar refractivity (Wildman–Crippen MR) is 114 cm³/mol. The van der Waals surface area contributed by atoms with Gasteiger partial charge in [0.15, 0.2) is 0 Å². The maximum absolute atomic E-state index is 13.4. The van der Waals surface area contributed by atoms with Crippen molar-refractivity contribution in [1.82, 2.24) is 10.3 Å². The van der Waals surface area contributed by atoms with Crippen molar-refractivity contribution in [3.05, 3.63) is 83.2 Å². The first kappa shape index (κ1) is 21.0. The summed E-state index contributed by atoms with van der Waals surface area (Å²) in [5.41, 5.74) is 8.44. The number of carbonyl (C=O) groups is 1. The molecule has 0 aliphatic carbocycles. The number of nitriles is 1. The highest BCUT2D eigenvalue weighted by molar-refractivity contribution is 5.99. The number of pyridine rings is 1. The van der Waals surface area contributed by atoms with Crippen molar-refractivity contribution < 1.29 is 9.18 Å². The molecule has 1 amide bonds. The summed E-state index contributed by atoms with van der Waals surface area (Å²) in [5, 5.41) is 15.3. The molecule has 0 saturated carbocycles. The molecule has 0 spiro atoms. The van der Waals surface area contributed by atoms with Gasteiger partial charge in [-0.2, -0.15) is 5.26 Å². The molecule has 4 N–H and O–H groups in total. The molecular formula is C23H22FN5O. The Morgan fingerprint density at radius 1 is 1.10 bits per heavy atom. The molecule has 0 unspecified atom stereocenters. The number of hydrogen-bond acceptors (Lipinski definition) is 5. The summed E-state index contributed by atoms with van der Waals surface area (Å²) >= 11 is 0. The van der Waals surface area contributed by atoms with E-state index in [1.165, 1.54) is 12.1 Å². The Morgan fingerprint density at radius 3 is 2.70 bits per heavy atom. The topological polar surface area (TPSA) is 104 Å². The summed E-state index contributed by atoms with van der Waals surface area (Å²) < 4.78 is 13.4. The zero-order valence-electron chi connectivity index (χ0n) is 16.4. The summed E-state index contributed by atoms with van der Waals surface area (Å²) in [4.78, 5) is 17.1. The highest BCUT2D eigenvalue weighted by Crippen LogP contribution is 2.25. The van der Waals surface area contributed by atoms with Gasteiger partial charge in [0.25, 0.3) is 5.91 Å². The third-order valence-corrected chi connectivity index (χ3v) is 4.49. The molecule has 0 saturated heterocycles. The van der Waals surface area contributed by atoms with Gasteiger partial charge in [-0.25, -0.2) is 9.37 Å². The highest BCUT2D eigenvalue weighted by atomic mass is 19.1. The minimum absolute atomic E-state index is 0.289. The van der Waals surface area contributed by atoms with E-state index < -0.39 is 0 Å². The fraction of sp³-hybridized carbons (Fsp3) is 0.174. The van der Waals surface area contributed by atoms with Crippen LogP contribution in [0.1, 0.15) is 21.5 Å². The lowest BCUT2D eigenvalue weighted by atomic mass is 10.0. The first-order valence-electron chi connectivity index (χ1n) is 9.59. The van der Waals surface area contributed by atoms with Crippen molar-refractivity contribution in [2.24, 2.45) is 5.73 Å². The van der Waals surface area contributed by atoms with Crippen LogP contribution in [0.4, 0.5) is 10.2 Å². The molecule has 0 aliphatic rings. The fourth-order valence-electron chi connectivity index (χ4n) is 3.03. The van der Waals surface area contributed by atoms with E-state index in [2.05, 4.69) is 21.7 Å². The molecule has 7 heteroatoms. The van der Waals surface area contributed by atoms with E-state index in [9.17, 15) is 14.4 Å². The van der Waals surface area contributed by atoms with Crippen molar-refractivity contribution in [2.75, 3.05) is 25.0 Å². The molecule has 6 nitrogen and oxygen atoms in total. The second-order valence-electron chi connectivity index (χ2n) is 6.60. The van der Waals surface area contributed by atoms with Gasteiger partial charge < -0.3 is 16.4 Å².